The van der Waals surface area contributed by atoms with E-state index in [4.69, 9.17) is 21.1 Å². The van der Waals surface area contributed by atoms with Gasteiger partial charge in [-0.3, -0.25) is 0 Å². The van der Waals surface area contributed by atoms with Gasteiger partial charge in [-0.05, 0) is 64.4 Å². The van der Waals surface area contributed by atoms with Crippen LogP contribution in [-0.4, -0.2) is 61.6 Å². The zero-order valence-corrected chi connectivity index (χ0v) is 22.9. The molecular weight excluding hydrogens is 585 g/mol. The zero-order chi connectivity index (χ0) is 25.6. The van der Waals surface area contributed by atoms with Gasteiger partial charge in [0.15, 0.2) is 0 Å². The predicted octanol–water partition coefficient (Wildman–Crippen LogP) is 3.43. The maximum absolute atomic E-state index is 10.3. The SMILES string of the molecule is Cc1cc(C(C)(C)c2ccc(OC[C@@H](O)Cn3nnc(I)c3CO)cc2)ccc1OC[C@H](O)CCl. The monoisotopic (exact) mass is 615 g/mol. The quantitative estimate of drug-likeness (QED) is 0.212. The number of halogens is 2. The van der Waals surface area contributed by atoms with E-state index < -0.39 is 12.2 Å². The fourth-order valence-corrected chi connectivity index (χ4v) is 4.25. The van der Waals surface area contributed by atoms with Crippen LogP contribution in [0.15, 0.2) is 42.5 Å². The number of aliphatic hydroxyl groups excluding tert-OH is 3. The number of hydrogen-bond donors (Lipinski definition) is 3. The molecule has 0 aliphatic carbocycles. The fourth-order valence-electron chi connectivity index (χ4n) is 3.61. The number of rotatable bonds is 12. The van der Waals surface area contributed by atoms with Crippen LogP contribution >= 0.6 is 34.2 Å². The van der Waals surface area contributed by atoms with Gasteiger partial charge in [-0.2, -0.15) is 0 Å². The van der Waals surface area contributed by atoms with Gasteiger partial charge in [0.05, 0.1) is 24.7 Å². The Labute approximate surface area is 224 Å². The number of nitrogens with zero attached hydrogens (tertiary/aromatic N) is 3. The van der Waals surface area contributed by atoms with Crippen LogP contribution in [0.25, 0.3) is 0 Å². The second kappa shape index (κ2) is 12.4. The van der Waals surface area contributed by atoms with E-state index in [1.54, 1.807) is 0 Å². The topological polar surface area (TPSA) is 110 Å². The Morgan fingerprint density at radius 2 is 1.69 bits per heavy atom. The number of ether oxygens (including phenoxy) is 2. The van der Waals surface area contributed by atoms with Gasteiger partial charge >= 0.3 is 0 Å². The van der Waals surface area contributed by atoms with Crippen LogP contribution in [0.5, 0.6) is 11.5 Å². The molecule has 0 amide bonds. The van der Waals surface area contributed by atoms with E-state index in [1.165, 1.54) is 4.68 Å². The molecule has 3 N–H and O–H groups in total. The standard InChI is InChI=1S/C25H31ClIN3O5/c1-16-10-18(6-9-23(16)35-14-19(32)11-26)25(2,3)17-4-7-21(8-5-17)34-15-20(33)12-30-22(13-31)24(27)28-29-30/h4-10,19-20,31-33H,11-15H2,1-3H3/t19-,20+/m1/s1. The molecule has 0 unspecified atom stereocenters. The van der Waals surface area contributed by atoms with Crippen molar-refractivity contribution in [3.05, 3.63) is 68.5 Å². The molecule has 1 heterocycles. The molecule has 0 radical (unpaired) electrons. The summed E-state index contributed by atoms with van der Waals surface area (Å²) in [6, 6.07) is 13.9. The zero-order valence-electron chi connectivity index (χ0n) is 20.0. The van der Waals surface area contributed by atoms with Crippen molar-refractivity contribution >= 4 is 34.2 Å². The van der Waals surface area contributed by atoms with Gasteiger partial charge in [-0.1, -0.05) is 43.3 Å². The van der Waals surface area contributed by atoms with Crippen LogP contribution in [0, 0.1) is 10.6 Å². The molecule has 35 heavy (non-hydrogen) atoms. The maximum atomic E-state index is 10.3. The fraction of sp³-hybridized carbons (Fsp3) is 0.440. The molecule has 8 nitrogen and oxygen atoms in total. The normalized spacial score (nSPS) is 13.5. The molecule has 2 aromatic carbocycles. The van der Waals surface area contributed by atoms with E-state index in [-0.39, 0.29) is 37.7 Å². The molecule has 190 valence electrons. The third-order valence-electron chi connectivity index (χ3n) is 5.85. The van der Waals surface area contributed by atoms with Crippen LogP contribution < -0.4 is 9.47 Å². The molecule has 3 rings (SSSR count). The summed E-state index contributed by atoms with van der Waals surface area (Å²) in [5.41, 5.74) is 3.53. The van der Waals surface area contributed by atoms with Gasteiger partial charge < -0.3 is 24.8 Å². The lowest BCUT2D eigenvalue weighted by atomic mass is 9.77. The summed E-state index contributed by atoms with van der Waals surface area (Å²) in [7, 11) is 0. The number of aliphatic hydroxyl groups is 3. The molecule has 2 atom stereocenters. The predicted molar refractivity (Wildman–Crippen MR) is 142 cm³/mol. The summed E-state index contributed by atoms with van der Waals surface area (Å²) >= 11 is 7.63. The number of benzene rings is 2. The average molecular weight is 616 g/mol. The van der Waals surface area contributed by atoms with Gasteiger partial charge in [0.2, 0.25) is 0 Å². The van der Waals surface area contributed by atoms with Crippen molar-refractivity contribution in [1.29, 1.82) is 0 Å². The highest BCUT2D eigenvalue weighted by Gasteiger charge is 2.24. The Kier molecular flexibility index (Phi) is 9.77. The van der Waals surface area contributed by atoms with Crippen molar-refractivity contribution in [2.24, 2.45) is 0 Å². The highest BCUT2D eigenvalue weighted by molar-refractivity contribution is 14.1. The van der Waals surface area contributed by atoms with Crippen molar-refractivity contribution in [3.8, 4) is 11.5 Å². The van der Waals surface area contributed by atoms with Crippen LogP contribution in [0.2, 0.25) is 0 Å². The molecule has 0 saturated carbocycles. The largest absolute Gasteiger partial charge is 0.491 e. The van der Waals surface area contributed by atoms with Crippen LogP contribution in [0.4, 0.5) is 0 Å². The van der Waals surface area contributed by atoms with E-state index >= 15 is 0 Å². The van der Waals surface area contributed by atoms with Crippen LogP contribution in [-0.2, 0) is 18.6 Å². The molecule has 0 bridgehead atoms. The Morgan fingerprint density at radius 3 is 2.31 bits per heavy atom. The molecule has 1 aromatic heterocycles. The number of aromatic nitrogens is 3. The van der Waals surface area contributed by atoms with Crippen molar-refractivity contribution in [1.82, 2.24) is 15.0 Å². The first kappa shape index (κ1) is 27.7. The molecule has 0 aliphatic rings. The molecular formula is C25H31ClIN3O5. The van der Waals surface area contributed by atoms with E-state index in [1.807, 2.05) is 65.9 Å². The summed E-state index contributed by atoms with van der Waals surface area (Å²) in [6.07, 6.45) is -1.50. The first-order valence-electron chi connectivity index (χ1n) is 11.2. The highest BCUT2D eigenvalue weighted by Crippen LogP contribution is 2.34. The summed E-state index contributed by atoms with van der Waals surface area (Å²) < 4.78 is 13.5. The maximum Gasteiger partial charge on any atom is 0.149 e. The molecule has 0 saturated heterocycles. The highest BCUT2D eigenvalue weighted by atomic mass is 127. The third kappa shape index (κ3) is 7.07. The minimum Gasteiger partial charge on any atom is -0.491 e. The summed E-state index contributed by atoms with van der Waals surface area (Å²) in [6.45, 7) is 6.51. The average Bonchev–Trinajstić information content (AvgIpc) is 3.20. The minimum atomic E-state index is -0.803. The van der Waals surface area contributed by atoms with Crippen LogP contribution in [0.1, 0.15) is 36.2 Å². The smallest absolute Gasteiger partial charge is 0.149 e. The number of hydrogen-bond acceptors (Lipinski definition) is 7. The van der Waals surface area contributed by atoms with E-state index in [9.17, 15) is 15.3 Å². The van der Waals surface area contributed by atoms with Crippen molar-refractivity contribution in [2.75, 3.05) is 19.1 Å². The summed E-state index contributed by atoms with van der Waals surface area (Å²) in [5.74, 6) is 1.51. The summed E-state index contributed by atoms with van der Waals surface area (Å²) in [5, 5.41) is 37.2. The van der Waals surface area contributed by atoms with Crippen LogP contribution in [0.3, 0.4) is 0 Å². The second-order valence-electron chi connectivity index (χ2n) is 8.88. The molecule has 0 fully saturated rings. The Morgan fingerprint density at radius 1 is 1.03 bits per heavy atom. The van der Waals surface area contributed by atoms with E-state index in [2.05, 4.69) is 30.2 Å². The van der Waals surface area contributed by atoms with Gasteiger partial charge in [0.1, 0.15) is 40.6 Å². The molecule has 10 heteroatoms. The molecule has 0 spiro atoms. The van der Waals surface area contributed by atoms with Gasteiger partial charge in [-0.25, -0.2) is 4.68 Å². The second-order valence-corrected chi connectivity index (χ2v) is 10.2. The Balaban J connectivity index is 1.61. The Hall–Kier alpha value is -1.92. The van der Waals surface area contributed by atoms with E-state index in [0.717, 1.165) is 22.4 Å². The van der Waals surface area contributed by atoms with Gasteiger partial charge in [0.25, 0.3) is 0 Å². The minimum absolute atomic E-state index is 0.0864. The molecule has 3 aromatic rings. The van der Waals surface area contributed by atoms with Crippen molar-refractivity contribution < 1.29 is 24.8 Å². The van der Waals surface area contributed by atoms with E-state index in [0.29, 0.717) is 15.1 Å². The lowest BCUT2D eigenvalue weighted by Crippen LogP contribution is -2.25. The number of alkyl halides is 1. The van der Waals surface area contributed by atoms with Crippen molar-refractivity contribution in [3.63, 3.8) is 0 Å². The lowest BCUT2D eigenvalue weighted by Gasteiger charge is -2.27. The van der Waals surface area contributed by atoms with Gasteiger partial charge in [0, 0.05) is 5.41 Å². The number of aryl methyl sites for hydroxylation is 1. The van der Waals surface area contributed by atoms with Crippen molar-refractivity contribution in [2.45, 2.75) is 51.5 Å². The summed E-state index contributed by atoms with van der Waals surface area (Å²) in [4.78, 5) is 0. The van der Waals surface area contributed by atoms with Gasteiger partial charge in [-0.15, -0.1) is 16.7 Å². The molecule has 0 aliphatic heterocycles. The lowest BCUT2D eigenvalue weighted by molar-refractivity contribution is 0.0866. The first-order chi connectivity index (χ1) is 16.6. The third-order valence-corrected chi connectivity index (χ3v) is 7.04. The Bertz CT molecular complexity index is 1110. The first-order valence-corrected chi connectivity index (χ1v) is 12.8.